The Bertz CT molecular complexity index is 323. The second-order valence-electron chi connectivity index (χ2n) is 5.95. The third-order valence-corrected chi connectivity index (χ3v) is 2.99. The first-order chi connectivity index (χ1) is 8.24. The maximum atomic E-state index is 12.1. The zero-order valence-electron chi connectivity index (χ0n) is 11.9. The van der Waals surface area contributed by atoms with Gasteiger partial charge in [0, 0.05) is 13.6 Å². The summed E-state index contributed by atoms with van der Waals surface area (Å²) in [5.41, 5.74) is -0.537. The number of carbonyl (C=O) groups is 2. The number of nitrogens with one attached hydrogen (secondary N) is 1. The molecule has 0 unspecified atom stereocenters. The van der Waals surface area contributed by atoms with E-state index in [-0.39, 0.29) is 5.91 Å². The van der Waals surface area contributed by atoms with Gasteiger partial charge in [0.25, 0.3) is 0 Å². The molecule has 1 saturated heterocycles. The lowest BCUT2D eigenvalue weighted by atomic mass is 9.94. The number of hydrogen-bond donors (Lipinski definition) is 1. The minimum absolute atomic E-state index is 0.118. The molecule has 2 amide bonds. The molecule has 5 nitrogen and oxygen atoms in total. The predicted octanol–water partition coefficient (Wildman–Crippen LogP) is 1.77. The summed E-state index contributed by atoms with van der Waals surface area (Å²) in [6, 6.07) is -0.402. The number of likely N-dealkylation sites (N-methyl/N-ethyl adjacent to an activating group) is 1. The largest absolute Gasteiger partial charge is 0.444 e. The van der Waals surface area contributed by atoms with Crippen LogP contribution in [0.3, 0.4) is 0 Å². The van der Waals surface area contributed by atoms with Crippen molar-refractivity contribution in [3.8, 4) is 0 Å². The van der Waals surface area contributed by atoms with Crippen molar-refractivity contribution in [2.24, 2.45) is 5.92 Å². The minimum Gasteiger partial charge on any atom is -0.444 e. The van der Waals surface area contributed by atoms with E-state index in [4.69, 9.17) is 4.74 Å². The van der Waals surface area contributed by atoms with E-state index in [1.165, 1.54) is 0 Å². The van der Waals surface area contributed by atoms with Crippen molar-refractivity contribution < 1.29 is 14.3 Å². The highest BCUT2D eigenvalue weighted by Crippen LogP contribution is 2.24. The van der Waals surface area contributed by atoms with Gasteiger partial charge in [0.1, 0.15) is 11.6 Å². The van der Waals surface area contributed by atoms with Crippen molar-refractivity contribution in [1.29, 1.82) is 0 Å². The Balaban J connectivity index is 2.78. The number of likely N-dealkylation sites (tertiary alicyclic amines) is 1. The lowest BCUT2D eigenvalue weighted by molar-refractivity contribution is -0.127. The van der Waals surface area contributed by atoms with Gasteiger partial charge in [-0.2, -0.15) is 0 Å². The van der Waals surface area contributed by atoms with Gasteiger partial charge < -0.3 is 10.1 Å². The van der Waals surface area contributed by atoms with Crippen LogP contribution in [-0.2, 0) is 9.53 Å². The molecule has 0 bridgehead atoms. The van der Waals surface area contributed by atoms with E-state index in [9.17, 15) is 9.59 Å². The average Bonchev–Trinajstić information content (AvgIpc) is 2.25. The van der Waals surface area contributed by atoms with E-state index in [0.29, 0.717) is 18.9 Å². The highest BCUT2D eigenvalue weighted by molar-refractivity contribution is 5.85. The maximum absolute atomic E-state index is 12.1. The smallest absolute Gasteiger partial charge is 0.410 e. The van der Waals surface area contributed by atoms with Crippen molar-refractivity contribution >= 4 is 12.0 Å². The van der Waals surface area contributed by atoms with Crippen LogP contribution < -0.4 is 5.32 Å². The highest BCUT2D eigenvalue weighted by Gasteiger charge is 2.36. The Labute approximate surface area is 109 Å². The van der Waals surface area contributed by atoms with Crippen molar-refractivity contribution in [2.75, 3.05) is 13.6 Å². The normalized spacial score (nSPS) is 24.6. The Morgan fingerprint density at radius 3 is 2.39 bits per heavy atom. The number of hydrogen-bond acceptors (Lipinski definition) is 3. The molecule has 0 radical (unpaired) electrons. The van der Waals surface area contributed by atoms with Crippen LogP contribution in [0, 0.1) is 5.92 Å². The van der Waals surface area contributed by atoms with Gasteiger partial charge >= 0.3 is 6.09 Å². The van der Waals surface area contributed by atoms with Crippen LogP contribution in [0.25, 0.3) is 0 Å². The van der Waals surface area contributed by atoms with Crippen molar-refractivity contribution in [2.45, 2.75) is 52.2 Å². The zero-order valence-corrected chi connectivity index (χ0v) is 11.9. The van der Waals surface area contributed by atoms with E-state index in [1.807, 2.05) is 20.8 Å². The molecule has 18 heavy (non-hydrogen) atoms. The van der Waals surface area contributed by atoms with Gasteiger partial charge in [-0.1, -0.05) is 6.92 Å². The molecule has 1 fully saturated rings. The summed E-state index contributed by atoms with van der Waals surface area (Å²) in [4.78, 5) is 25.5. The number of ether oxygens (including phenoxy) is 1. The van der Waals surface area contributed by atoms with Crippen LogP contribution >= 0.6 is 0 Å². The Morgan fingerprint density at radius 2 is 1.89 bits per heavy atom. The lowest BCUT2D eigenvalue weighted by Crippen LogP contribution is -2.54. The van der Waals surface area contributed by atoms with Crippen LogP contribution in [0.4, 0.5) is 4.79 Å². The monoisotopic (exact) mass is 256 g/mol. The van der Waals surface area contributed by atoms with Gasteiger partial charge in [-0.25, -0.2) is 4.79 Å². The first kappa shape index (κ1) is 14.8. The molecule has 0 spiro atoms. The first-order valence-corrected chi connectivity index (χ1v) is 6.46. The van der Waals surface area contributed by atoms with Gasteiger partial charge in [-0.05, 0) is 39.5 Å². The Hall–Kier alpha value is -1.26. The topological polar surface area (TPSA) is 58.6 Å². The summed E-state index contributed by atoms with van der Waals surface area (Å²) in [6.45, 7) is 8.14. The number of piperidine rings is 1. The van der Waals surface area contributed by atoms with E-state index < -0.39 is 17.7 Å². The van der Waals surface area contributed by atoms with Crippen LogP contribution in [0.2, 0.25) is 0 Å². The minimum atomic E-state index is -0.537. The SMILES string of the molecule is CNC(=O)[C@H]1CC[C@H](C)CN1C(=O)OC(C)(C)C. The van der Waals surface area contributed by atoms with Gasteiger partial charge in [0.05, 0.1) is 0 Å². The molecule has 1 aliphatic rings. The molecular formula is C13H24N2O3. The molecule has 1 heterocycles. The number of rotatable bonds is 1. The van der Waals surface area contributed by atoms with Crippen LogP contribution in [0.15, 0.2) is 0 Å². The standard InChI is InChI=1S/C13H24N2O3/c1-9-6-7-10(11(16)14-5)15(8-9)12(17)18-13(2,3)4/h9-10H,6-8H2,1-5H3,(H,14,16)/t9-,10+/m0/s1. The molecule has 0 aromatic carbocycles. The summed E-state index contributed by atoms with van der Waals surface area (Å²) in [5.74, 6) is 0.284. The third kappa shape index (κ3) is 3.89. The van der Waals surface area contributed by atoms with Gasteiger partial charge in [0.2, 0.25) is 5.91 Å². The van der Waals surface area contributed by atoms with E-state index in [1.54, 1.807) is 11.9 Å². The molecule has 0 saturated carbocycles. The molecule has 1 N–H and O–H groups in total. The summed E-state index contributed by atoms with van der Waals surface area (Å²) >= 11 is 0. The number of nitrogens with zero attached hydrogens (tertiary/aromatic N) is 1. The zero-order chi connectivity index (χ0) is 13.9. The summed E-state index contributed by atoms with van der Waals surface area (Å²) in [5, 5.41) is 2.61. The van der Waals surface area contributed by atoms with Gasteiger partial charge in [0.15, 0.2) is 0 Å². The first-order valence-electron chi connectivity index (χ1n) is 6.46. The molecular weight excluding hydrogens is 232 g/mol. The quantitative estimate of drug-likeness (QED) is 0.778. The molecule has 1 aliphatic heterocycles. The molecule has 104 valence electrons. The van der Waals surface area contributed by atoms with Crippen molar-refractivity contribution in [1.82, 2.24) is 10.2 Å². The second-order valence-corrected chi connectivity index (χ2v) is 5.95. The maximum Gasteiger partial charge on any atom is 0.410 e. The van der Waals surface area contributed by atoms with E-state index in [0.717, 1.165) is 6.42 Å². The fourth-order valence-corrected chi connectivity index (χ4v) is 2.11. The van der Waals surface area contributed by atoms with Gasteiger partial charge in [-0.15, -0.1) is 0 Å². The van der Waals surface area contributed by atoms with E-state index in [2.05, 4.69) is 12.2 Å². The summed E-state index contributed by atoms with van der Waals surface area (Å²) in [7, 11) is 1.59. The molecule has 0 aliphatic carbocycles. The average molecular weight is 256 g/mol. The summed E-state index contributed by atoms with van der Waals surface area (Å²) in [6.07, 6.45) is 1.25. The molecule has 1 rings (SSSR count). The fourth-order valence-electron chi connectivity index (χ4n) is 2.11. The van der Waals surface area contributed by atoms with Gasteiger partial charge in [-0.3, -0.25) is 9.69 Å². The Morgan fingerprint density at radius 1 is 1.28 bits per heavy atom. The van der Waals surface area contributed by atoms with E-state index >= 15 is 0 Å². The van der Waals surface area contributed by atoms with Crippen molar-refractivity contribution in [3.63, 3.8) is 0 Å². The number of amides is 2. The second kappa shape index (κ2) is 5.59. The van der Waals surface area contributed by atoms with Crippen LogP contribution in [-0.4, -0.2) is 42.1 Å². The lowest BCUT2D eigenvalue weighted by Gasteiger charge is -2.38. The Kier molecular flexibility index (Phi) is 4.59. The molecule has 5 heteroatoms. The highest BCUT2D eigenvalue weighted by atomic mass is 16.6. The van der Waals surface area contributed by atoms with Crippen LogP contribution in [0.1, 0.15) is 40.5 Å². The van der Waals surface area contributed by atoms with Crippen molar-refractivity contribution in [3.05, 3.63) is 0 Å². The third-order valence-electron chi connectivity index (χ3n) is 2.99. The van der Waals surface area contributed by atoms with Crippen LogP contribution in [0.5, 0.6) is 0 Å². The predicted molar refractivity (Wildman–Crippen MR) is 69.2 cm³/mol. The number of carbonyl (C=O) groups excluding carboxylic acids is 2. The fraction of sp³-hybridized carbons (Fsp3) is 0.846. The molecule has 0 aromatic heterocycles. The summed E-state index contributed by atoms with van der Waals surface area (Å²) < 4.78 is 5.36. The molecule has 2 atom stereocenters. The molecule has 0 aromatic rings.